The molecule has 0 radical (unpaired) electrons. The summed E-state index contributed by atoms with van der Waals surface area (Å²) in [4.78, 5) is 40.0. The van der Waals surface area contributed by atoms with Crippen molar-refractivity contribution in [2.24, 2.45) is 29.0 Å². The number of piperidine rings is 2. The number of benzene rings is 2. The largest absolute Gasteiger partial charge is 0.507 e. The highest BCUT2D eigenvalue weighted by Crippen LogP contribution is 2.35. The third-order valence-corrected chi connectivity index (χ3v) is 15.9. The van der Waals surface area contributed by atoms with Gasteiger partial charge in [-0.1, -0.05) is 31.1 Å². The van der Waals surface area contributed by atoms with Crippen LogP contribution in [0.2, 0.25) is 0 Å². The van der Waals surface area contributed by atoms with Crippen LogP contribution in [0.1, 0.15) is 131 Å². The zero-order chi connectivity index (χ0) is 55.5. The van der Waals surface area contributed by atoms with Crippen molar-refractivity contribution < 1.29 is 37.8 Å². The summed E-state index contributed by atoms with van der Waals surface area (Å²) in [6.45, 7) is 12.8. The van der Waals surface area contributed by atoms with Crippen molar-refractivity contribution in [2.75, 3.05) is 57.3 Å². The Morgan fingerprint density at radius 2 is 1.71 bits per heavy atom. The topological polar surface area (TPSA) is 262 Å². The Balaban J connectivity index is 0.000000216. The van der Waals surface area contributed by atoms with Gasteiger partial charge in [-0.15, -0.1) is 0 Å². The molecule has 1 saturated carbocycles. The maximum atomic E-state index is 14.6. The van der Waals surface area contributed by atoms with Crippen molar-refractivity contribution in [3.8, 4) is 17.7 Å². The van der Waals surface area contributed by atoms with Crippen LogP contribution in [0.4, 0.5) is 14.6 Å². The molecule has 78 heavy (non-hydrogen) atoms. The molecule has 4 aliphatic heterocycles. The lowest BCUT2D eigenvalue weighted by Crippen LogP contribution is -2.48. The Hall–Kier alpha value is -6.95. The number of anilines is 1. The number of phenols is 1. The summed E-state index contributed by atoms with van der Waals surface area (Å²) < 4.78 is 40.5. The first-order valence-electron chi connectivity index (χ1n) is 27.8. The SMILES string of the molecule is CC(C)C(C(=O)N1CCCC1C(=O)N[C@H](C)c1cc(F)c(C#N)cc1F)c1cc(N2CCC(CN3CCC(O)CC3)CC2)no1.NC(N)=C(/C=C(\N)c1ccccc1O)N(Cc1ccnc(OC2CCC2)c1)CC1CCCN1. The Bertz CT molecular complexity index is 2770. The molecule has 420 valence electrons. The van der Waals surface area contributed by atoms with Crippen molar-refractivity contribution in [2.45, 2.75) is 134 Å². The zero-order valence-electron chi connectivity index (χ0n) is 45.3. The first-order valence-corrected chi connectivity index (χ1v) is 27.8. The predicted octanol–water partition coefficient (Wildman–Crippen LogP) is 6.46. The fraction of sp³-hybridized carbons (Fsp3) is 0.534. The highest BCUT2D eigenvalue weighted by molar-refractivity contribution is 5.91. The molecule has 0 spiro atoms. The lowest BCUT2D eigenvalue weighted by atomic mass is 9.91. The number of nitrogens with one attached hydrogen (secondary N) is 2. The van der Waals surface area contributed by atoms with E-state index in [1.54, 1.807) is 41.4 Å². The second kappa shape index (κ2) is 26.6. The van der Waals surface area contributed by atoms with Crippen LogP contribution in [0.5, 0.6) is 11.6 Å². The number of ether oxygens (including phenoxy) is 1. The third-order valence-electron chi connectivity index (χ3n) is 15.9. The number of likely N-dealkylation sites (tertiary alicyclic amines) is 2. The number of aliphatic hydroxyl groups excluding tert-OH is 1. The minimum absolute atomic E-state index is 0.0691. The average molecular weight is 1080 g/mol. The maximum absolute atomic E-state index is 14.6. The molecule has 4 atom stereocenters. The fourth-order valence-corrected chi connectivity index (χ4v) is 11.2. The van der Waals surface area contributed by atoms with Gasteiger partial charge in [0.2, 0.25) is 17.7 Å². The number of aromatic hydroxyl groups is 1. The van der Waals surface area contributed by atoms with Gasteiger partial charge in [-0.05, 0) is 138 Å². The van der Waals surface area contributed by atoms with Gasteiger partial charge < -0.3 is 66.9 Å². The summed E-state index contributed by atoms with van der Waals surface area (Å²) in [5.74, 6) is -0.356. The summed E-state index contributed by atoms with van der Waals surface area (Å²) in [7, 11) is 0. The second-order valence-corrected chi connectivity index (χ2v) is 22.0. The number of carbonyl (C=O) groups excluding carboxylic acids is 2. The minimum Gasteiger partial charge on any atom is -0.507 e. The molecule has 6 heterocycles. The number of carbonyl (C=O) groups is 2. The van der Waals surface area contributed by atoms with E-state index in [4.69, 9.17) is 31.7 Å². The van der Waals surface area contributed by atoms with E-state index in [-0.39, 0.29) is 41.2 Å². The number of pyridine rings is 1. The molecule has 2 aromatic heterocycles. The first kappa shape index (κ1) is 57.2. The lowest BCUT2D eigenvalue weighted by molar-refractivity contribution is -0.141. The van der Waals surface area contributed by atoms with Gasteiger partial charge in [0.25, 0.3) is 0 Å². The molecule has 20 heteroatoms. The van der Waals surface area contributed by atoms with E-state index in [2.05, 4.69) is 35.5 Å². The Labute approximate surface area is 456 Å². The number of para-hydroxylation sites is 1. The summed E-state index contributed by atoms with van der Waals surface area (Å²) in [5, 5.41) is 39.6. The molecule has 2 amide bonds. The summed E-state index contributed by atoms with van der Waals surface area (Å²) >= 11 is 0. The van der Waals surface area contributed by atoms with Crippen molar-refractivity contribution in [1.82, 2.24) is 35.5 Å². The summed E-state index contributed by atoms with van der Waals surface area (Å²) in [6, 6.07) is 14.8. The normalized spacial score (nSPS) is 20.3. The quantitative estimate of drug-likeness (QED) is 0.0527. The molecule has 9 rings (SSSR count). The van der Waals surface area contributed by atoms with E-state index in [1.165, 1.54) is 13.3 Å². The number of amides is 2. The lowest BCUT2D eigenvalue weighted by Gasteiger charge is -2.36. The van der Waals surface area contributed by atoms with Gasteiger partial charge in [0, 0.05) is 93.6 Å². The smallest absolute Gasteiger partial charge is 0.243 e. The Kier molecular flexibility index (Phi) is 19.5. The van der Waals surface area contributed by atoms with Gasteiger partial charge in [0.15, 0.2) is 11.6 Å². The number of hydrogen-bond donors (Lipinski definition) is 7. The predicted molar refractivity (Wildman–Crippen MR) is 293 cm³/mol. The van der Waals surface area contributed by atoms with E-state index in [9.17, 15) is 28.6 Å². The zero-order valence-corrected chi connectivity index (χ0v) is 45.3. The number of hydrogen-bond acceptors (Lipinski definition) is 16. The van der Waals surface area contributed by atoms with Crippen molar-refractivity contribution >= 4 is 23.3 Å². The number of nitriles is 1. The van der Waals surface area contributed by atoms with E-state index in [0.29, 0.717) is 72.3 Å². The van der Waals surface area contributed by atoms with Crippen LogP contribution in [0.15, 0.2) is 82.9 Å². The van der Waals surface area contributed by atoms with E-state index in [1.807, 2.05) is 38.1 Å². The summed E-state index contributed by atoms with van der Waals surface area (Å²) in [5.41, 5.74) is 20.8. The van der Waals surface area contributed by atoms with Gasteiger partial charge in [-0.25, -0.2) is 13.8 Å². The van der Waals surface area contributed by atoms with Crippen LogP contribution in [-0.2, 0) is 16.1 Å². The minimum atomic E-state index is -0.869. The number of aromatic nitrogens is 2. The number of halogens is 2. The monoisotopic (exact) mass is 1080 g/mol. The molecule has 18 nitrogen and oxygen atoms in total. The number of nitrogens with two attached hydrogens (primary N) is 3. The van der Waals surface area contributed by atoms with Gasteiger partial charge in [-0.2, -0.15) is 5.26 Å². The molecular formula is C58H78F2N12O6. The van der Waals surface area contributed by atoms with E-state index >= 15 is 0 Å². The van der Waals surface area contributed by atoms with Crippen LogP contribution in [0, 0.1) is 34.8 Å². The molecule has 4 aromatic rings. The van der Waals surface area contributed by atoms with Crippen LogP contribution in [-0.4, -0.2) is 124 Å². The van der Waals surface area contributed by atoms with E-state index < -0.39 is 41.1 Å². The average Bonchev–Trinajstić information content (AvgIpc) is 4.27. The Morgan fingerprint density at radius 3 is 2.37 bits per heavy atom. The van der Waals surface area contributed by atoms with Gasteiger partial charge in [0.1, 0.15) is 47.3 Å². The van der Waals surface area contributed by atoms with Gasteiger partial charge >= 0.3 is 0 Å². The van der Waals surface area contributed by atoms with Crippen molar-refractivity contribution in [1.29, 1.82) is 5.26 Å². The number of aliphatic hydroxyl groups is 1. The molecule has 5 aliphatic rings. The molecule has 5 fully saturated rings. The fourth-order valence-electron chi connectivity index (χ4n) is 11.2. The van der Waals surface area contributed by atoms with Crippen LogP contribution >= 0.6 is 0 Å². The molecule has 2 aromatic carbocycles. The molecule has 1 aliphatic carbocycles. The number of rotatable bonds is 18. The second-order valence-electron chi connectivity index (χ2n) is 22.0. The molecule has 4 saturated heterocycles. The maximum Gasteiger partial charge on any atom is 0.243 e. The first-order chi connectivity index (χ1) is 37.5. The highest BCUT2D eigenvalue weighted by atomic mass is 19.1. The standard InChI is InChI=1S/C33H44F2N6O4.C25H34N6O2/c1-20(2)31(29-17-30(38-45-29)40-13-6-22(7-14-40)19-39-11-8-24(42)9-12-39)33(44)41-10-4-5-28(41)32(43)37-21(3)25-16-26(34)23(18-36)15-27(25)35;26-21(20-8-1-2-9-23(20)32)14-22(25(27)28)31(16-18-5-4-11-29-18)15-17-10-12-30-24(13-17)33-19-6-3-7-19/h15-17,20-22,24,28,31,42H,4-14,19H2,1-3H3,(H,37,43);1-2,8-10,12-14,18-19,29,32H,3-7,11,15-16,26-28H2/b;21-14-/t21-,28?,31?;/m1./s1. The molecular weight excluding hydrogens is 999 g/mol. The number of phenolic OH excluding ortho intramolecular Hbond substituents is 1. The number of nitrogens with zero attached hydrogens (tertiary/aromatic N) is 7. The van der Waals surface area contributed by atoms with Crippen LogP contribution < -0.4 is 37.5 Å². The summed E-state index contributed by atoms with van der Waals surface area (Å²) in [6.07, 6.45) is 14.1. The van der Waals surface area contributed by atoms with Crippen molar-refractivity contribution in [3.05, 3.63) is 118 Å². The van der Waals surface area contributed by atoms with Crippen molar-refractivity contribution in [3.63, 3.8) is 0 Å². The van der Waals surface area contributed by atoms with Gasteiger partial charge in [-0.3, -0.25) is 9.59 Å². The number of allylic oxidation sites excluding steroid dienone is 1. The van der Waals surface area contributed by atoms with Gasteiger partial charge in [0.05, 0.1) is 23.4 Å². The molecule has 10 N–H and O–H groups in total. The van der Waals surface area contributed by atoms with Crippen LogP contribution in [0.3, 0.4) is 0 Å². The highest BCUT2D eigenvalue weighted by Gasteiger charge is 2.41. The molecule has 3 unspecified atom stereocenters. The van der Waals surface area contributed by atoms with Crippen LogP contribution in [0.25, 0.3) is 5.70 Å². The third kappa shape index (κ3) is 14.6. The Morgan fingerprint density at radius 1 is 0.949 bits per heavy atom. The van der Waals surface area contributed by atoms with E-state index in [0.717, 1.165) is 115 Å². The molecule has 0 bridgehead atoms.